The molecule has 1 heterocycles. The maximum atomic E-state index is 13.3. The fourth-order valence-electron chi connectivity index (χ4n) is 4.43. The van der Waals surface area contributed by atoms with Gasteiger partial charge in [-0.3, -0.25) is 19.3 Å². The molecular weight excluding hydrogens is 472 g/mol. The molecule has 3 aromatic carbocycles. The van der Waals surface area contributed by atoms with Crippen LogP contribution in [0.4, 0.5) is 10.5 Å². The number of carbonyl (C=O) groups is 4. The molecular formula is C28H30N4O5. The highest BCUT2D eigenvalue weighted by molar-refractivity contribution is 6.10. The summed E-state index contributed by atoms with van der Waals surface area (Å²) in [6.45, 7) is 6.22. The summed E-state index contributed by atoms with van der Waals surface area (Å²) < 4.78 is 5.26. The molecule has 37 heavy (non-hydrogen) atoms. The fraction of sp³-hybridized carbons (Fsp3) is 0.286. The largest absolute Gasteiger partial charge is 0.497 e. The van der Waals surface area contributed by atoms with Gasteiger partial charge < -0.3 is 20.3 Å². The van der Waals surface area contributed by atoms with Crippen molar-refractivity contribution in [3.63, 3.8) is 0 Å². The Kier molecular flexibility index (Phi) is 7.15. The number of imide groups is 1. The second-order valence-electron chi connectivity index (χ2n) is 8.98. The second-order valence-corrected chi connectivity index (χ2v) is 8.98. The Labute approximate surface area is 215 Å². The number of hydrogen-bond donors (Lipinski definition) is 2. The van der Waals surface area contributed by atoms with Crippen LogP contribution < -0.4 is 15.4 Å². The Morgan fingerprint density at radius 3 is 2.27 bits per heavy atom. The molecule has 9 heteroatoms. The van der Waals surface area contributed by atoms with Crippen molar-refractivity contribution < 1.29 is 23.9 Å². The highest BCUT2D eigenvalue weighted by Gasteiger charge is 2.49. The molecule has 4 rings (SSSR count). The van der Waals surface area contributed by atoms with Gasteiger partial charge in [0, 0.05) is 24.3 Å². The van der Waals surface area contributed by atoms with Crippen LogP contribution >= 0.6 is 0 Å². The zero-order valence-corrected chi connectivity index (χ0v) is 21.3. The molecule has 1 saturated heterocycles. The SMILES string of the molecule is CCN(CC)C(=O)c1ccc(NC(=O)CN2C(=O)N[C@@](C)(c3ccc4cc(OC)ccc4c3)C2=O)cc1. The van der Waals surface area contributed by atoms with E-state index in [-0.39, 0.29) is 5.91 Å². The van der Waals surface area contributed by atoms with E-state index < -0.39 is 29.9 Å². The third-order valence-corrected chi connectivity index (χ3v) is 6.67. The van der Waals surface area contributed by atoms with E-state index in [0.29, 0.717) is 29.9 Å². The van der Waals surface area contributed by atoms with Gasteiger partial charge in [-0.2, -0.15) is 0 Å². The third-order valence-electron chi connectivity index (χ3n) is 6.67. The number of urea groups is 1. The number of anilines is 1. The van der Waals surface area contributed by atoms with Crippen molar-refractivity contribution in [1.82, 2.24) is 15.1 Å². The van der Waals surface area contributed by atoms with Crippen molar-refractivity contribution in [1.29, 1.82) is 0 Å². The minimum Gasteiger partial charge on any atom is -0.497 e. The Hall–Kier alpha value is -4.40. The van der Waals surface area contributed by atoms with Gasteiger partial charge >= 0.3 is 6.03 Å². The van der Waals surface area contributed by atoms with Crippen molar-refractivity contribution in [2.45, 2.75) is 26.3 Å². The van der Waals surface area contributed by atoms with E-state index in [4.69, 9.17) is 4.74 Å². The molecule has 0 saturated carbocycles. The Morgan fingerprint density at radius 1 is 0.973 bits per heavy atom. The predicted octanol–water partition coefficient (Wildman–Crippen LogP) is 3.74. The van der Waals surface area contributed by atoms with E-state index in [1.54, 1.807) is 49.3 Å². The van der Waals surface area contributed by atoms with Crippen LogP contribution in [0.1, 0.15) is 36.7 Å². The van der Waals surface area contributed by atoms with Crippen molar-refractivity contribution in [2.75, 3.05) is 32.1 Å². The molecule has 0 unspecified atom stereocenters. The lowest BCUT2D eigenvalue weighted by molar-refractivity contribution is -0.133. The summed E-state index contributed by atoms with van der Waals surface area (Å²) in [7, 11) is 1.59. The Morgan fingerprint density at radius 2 is 1.62 bits per heavy atom. The lowest BCUT2D eigenvalue weighted by Crippen LogP contribution is -2.42. The van der Waals surface area contributed by atoms with Gasteiger partial charge in [0.2, 0.25) is 5.91 Å². The van der Waals surface area contributed by atoms with Crippen LogP contribution in [-0.4, -0.2) is 60.3 Å². The number of hydrogen-bond acceptors (Lipinski definition) is 5. The average molecular weight is 503 g/mol. The predicted molar refractivity (Wildman–Crippen MR) is 140 cm³/mol. The fourth-order valence-corrected chi connectivity index (χ4v) is 4.43. The first-order valence-corrected chi connectivity index (χ1v) is 12.1. The number of nitrogens with one attached hydrogen (secondary N) is 2. The number of carbonyl (C=O) groups excluding carboxylic acids is 4. The Balaban J connectivity index is 1.45. The van der Waals surface area contributed by atoms with E-state index >= 15 is 0 Å². The van der Waals surface area contributed by atoms with Gasteiger partial charge in [-0.25, -0.2) is 4.79 Å². The first kappa shape index (κ1) is 25.7. The molecule has 1 fully saturated rings. The number of methoxy groups -OCH3 is 1. The normalized spacial score (nSPS) is 17.0. The minimum absolute atomic E-state index is 0.0886. The summed E-state index contributed by atoms with van der Waals surface area (Å²) in [5.74, 6) is -0.407. The molecule has 1 aliphatic heterocycles. The first-order valence-electron chi connectivity index (χ1n) is 12.1. The second kappa shape index (κ2) is 10.3. The number of benzene rings is 3. The monoisotopic (exact) mass is 502 g/mol. The summed E-state index contributed by atoms with van der Waals surface area (Å²) in [5.41, 5.74) is 0.277. The highest BCUT2D eigenvalue weighted by Crippen LogP contribution is 2.32. The molecule has 0 spiro atoms. The van der Waals surface area contributed by atoms with E-state index in [1.807, 2.05) is 44.2 Å². The van der Waals surface area contributed by atoms with Gasteiger partial charge in [0.1, 0.15) is 17.8 Å². The number of rotatable bonds is 8. The van der Waals surface area contributed by atoms with Crippen LogP contribution in [0, 0.1) is 0 Å². The molecule has 2 N–H and O–H groups in total. The van der Waals surface area contributed by atoms with Crippen LogP contribution in [0.5, 0.6) is 5.75 Å². The van der Waals surface area contributed by atoms with E-state index in [0.717, 1.165) is 21.4 Å². The van der Waals surface area contributed by atoms with E-state index in [2.05, 4.69) is 10.6 Å². The molecule has 1 atom stereocenters. The van der Waals surface area contributed by atoms with Crippen LogP contribution in [-0.2, 0) is 15.1 Å². The molecule has 0 aliphatic carbocycles. The molecule has 0 aromatic heterocycles. The molecule has 3 aromatic rings. The van der Waals surface area contributed by atoms with Crippen LogP contribution in [0.25, 0.3) is 10.8 Å². The van der Waals surface area contributed by atoms with Crippen LogP contribution in [0.2, 0.25) is 0 Å². The minimum atomic E-state index is -1.31. The Bertz CT molecular complexity index is 1370. The molecule has 0 radical (unpaired) electrons. The van der Waals surface area contributed by atoms with Gasteiger partial charge in [0.05, 0.1) is 7.11 Å². The number of amides is 5. The van der Waals surface area contributed by atoms with Gasteiger partial charge in [0.15, 0.2) is 0 Å². The zero-order valence-electron chi connectivity index (χ0n) is 21.3. The molecule has 5 amide bonds. The molecule has 1 aliphatic rings. The maximum Gasteiger partial charge on any atom is 0.325 e. The van der Waals surface area contributed by atoms with Gasteiger partial charge in [-0.05, 0) is 79.6 Å². The van der Waals surface area contributed by atoms with E-state index in [1.165, 1.54) is 0 Å². The van der Waals surface area contributed by atoms with Gasteiger partial charge in [0.25, 0.3) is 11.8 Å². The topological polar surface area (TPSA) is 108 Å². The zero-order chi connectivity index (χ0) is 26.7. The summed E-state index contributed by atoms with van der Waals surface area (Å²) >= 11 is 0. The lowest BCUT2D eigenvalue weighted by Gasteiger charge is -2.22. The van der Waals surface area contributed by atoms with Gasteiger partial charge in [-0.15, -0.1) is 0 Å². The molecule has 0 bridgehead atoms. The summed E-state index contributed by atoms with van der Waals surface area (Å²) in [5, 5.41) is 7.25. The molecule has 9 nitrogen and oxygen atoms in total. The highest BCUT2D eigenvalue weighted by atomic mass is 16.5. The van der Waals surface area contributed by atoms with Crippen molar-refractivity contribution in [3.05, 3.63) is 71.8 Å². The number of nitrogens with zero attached hydrogens (tertiary/aromatic N) is 2. The van der Waals surface area contributed by atoms with Crippen LogP contribution in [0.15, 0.2) is 60.7 Å². The van der Waals surface area contributed by atoms with E-state index in [9.17, 15) is 19.2 Å². The standard InChI is InChI=1S/C28H30N4O5/c1-5-31(6-2)25(34)18-8-12-22(13-9-18)29-24(33)17-32-26(35)28(3,30-27(32)36)21-11-7-20-16-23(37-4)14-10-19(20)15-21/h7-16H,5-6,17H2,1-4H3,(H,29,33)(H,30,36)/t28-/m0/s1. The summed E-state index contributed by atoms with van der Waals surface area (Å²) in [6.07, 6.45) is 0. The van der Waals surface area contributed by atoms with Gasteiger partial charge in [-0.1, -0.05) is 18.2 Å². The quantitative estimate of drug-likeness (QED) is 0.457. The maximum absolute atomic E-state index is 13.3. The summed E-state index contributed by atoms with van der Waals surface area (Å²) in [4.78, 5) is 53.8. The first-order chi connectivity index (χ1) is 17.7. The summed E-state index contributed by atoms with van der Waals surface area (Å²) in [6, 6.07) is 17.0. The lowest BCUT2D eigenvalue weighted by atomic mass is 9.90. The molecule has 192 valence electrons. The van der Waals surface area contributed by atoms with Crippen molar-refractivity contribution in [3.8, 4) is 5.75 Å². The number of fused-ring (bicyclic) bond motifs is 1. The smallest absolute Gasteiger partial charge is 0.325 e. The number of ether oxygens (including phenoxy) is 1. The average Bonchev–Trinajstić information content (AvgIpc) is 3.12. The van der Waals surface area contributed by atoms with Crippen LogP contribution in [0.3, 0.4) is 0 Å². The van der Waals surface area contributed by atoms with Crippen molar-refractivity contribution in [2.24, 2.45) is 0 Å². The van der Waals surface area contributed by atoms with Crippen molar-refractivity contribution >= 4 is 40.2 Å². The third kappa shape index (κ3) is 4.97.